The van der Waals surface area contributed by atoms with Crippen molar-refractivity contribution in [2.45, 2.75) is 32.2 Å². The molecule has 0 aliphatic rings. The fourth-order valence-corrected chi connectivity index (χ4v) is 8.65. The highest BCUT2D eigenvalue weighted by atomic mass is 28.4. The van der Waals surface area contributed by atoms with Crippen LogP contribution in [0.4, 0.5) is 17.2 Å². The number of rotatable bonds is 8. The van der Waals surface area contributed by atoms with E-state index in [9.17, 15) is 9.59 Å². The Hall–Kier alpha value is -3.69. The van der Waals surface area contributed by atoms with Gasteiger partial charge in [-0.3, -0.25) is 9.59 Å². The molecule has 34 heavy (non-hydrogen) atoms. The van der Waals surface area contributed by atoms with E-state index in [0.29, 0.717) is 0 Å². The van der Waals surface area contributed by atoms with Gasteiger partial charge in [-0.15, -0.1) is 0 Å². The molecule has 1 heterocycles. The minimum atomic E-state index is -2.74. The molecule has 0 atom stereocenters. The summed E-state index contributed by atoms with van der Waals surface area (Å²) in [6, 6.07) is 21.8. The molecule has 0 unspecified atom stereocenters. The first-order valence-corrected chi connectivity index (χ1v) is 12.9. The molecule has 8 nitrogen and oxygen atoms in total. The van der Waals surface area contributed by atoms with Crippen LogP contribution in [0.5, 0.6) is 0 Å². The minimum Gasteiger partial charge on any atom is -0.407 e. The molecule has 0 bridgehead atoms. The lowest BCUT2D eigenvalue weighted by Gasteiger charge is -2.43. The molecule has 7 N–H and O–H groups in total. The second-order valence-electron chi connectivity index (χ2n) is 9.03. The zero-order chi connectivity index (χ0) is 24.9. The zero-order valence-electron chi connectivity index (χ0n) is 19.7. The van der Waals surface area contributed by atoms with Crippen LogP contribution in [0.15, 0.2) is 66.7 Å². The Morgan fingerprint density at radius 3 is 1.97 bits per heavy atom. The van der Waals surface area contributed by atoms with Crippen molar-refractivity contribution in [3.8, 4) is 0 Å². The van der Waals surface area contributed by atoms with E-state index in [1.807, 2.05) is 36.4 Å². The summed E-state index contributed by atoms with van der Waals surface area (Å²) in [5, 5.41) is 4.72. The number of nitrogen functional groups attached to an aromatic ring is 2. The van der Waals surface area contributed by atoms with Crippen LogP contribution in [0.2, 0.25) is 5.04 Å². The standard InChI is InChI=1S/C25H31N5O3Si/c1-25(2,3)34(17-10-6-4-7-11-17,18-12-8-5-9-13-18)33-15-14-21(31)29-20-16-19(26)22(27)23(30-20)24(28)32/h4-13,16H,14-15,27H2,1-3H3,(H2,28,32)(H3,26,29,30,31). The Morgan fingerprint density at radius 2 is 1.50 bits per heavy atom. The van der Waals surface area contributed by atoms with Crippen molar-refractivity contribution in [1.82, 2.24) is 4.98 Å². The van der Waals surface area contributed by atoms with E-state index < -0.39 is 14.2 Å². The van der Waals surface area contributed by atoms with Gasteiger partial charge < -0.3 is 26.9 Å². The number of nitrogens with one attached hydrogen (secondary N) is 1. The Bertz CT molecular complexity index is 1120. The number of anilines is 3. The number of hydrogen-bond acceptors (Lipinski definition) is 6. The molecular formula is C25H31N5O3Si. The number of hydrogen-bond donors (Lipinski definition) is 4. The quantitative estimate of drug-likeness (QED) is 0.366. The summed E-state index contributed by atoms with van der Waals surface area (Å²) in [7, 11) is -2.74. The second-order valence-corrected chi connectivity index (χ2v) is 13.3. The third-order valence-electron chi connectivity index (χ3n) is 5.66. The van der Waals surface area contributed by atoms with E-state index in [1.165, 1.54) is 6.07 Å². The fourth-order valence-electron chi connectivity index (χ4n) is 4.09. The molecule has 0 saturated carbocycles. The molecule has 9 heteroatoms. The van der Waals surface area contributed by atoms with Crippen LogP contribution >= 0.6 is 0 Å². The summed E-state index contributed by atoms with van der Waals surface area (Å²) in [5.41, 5.74) is 16.8. The van der Waals surface area contributed by atoms with E-state index in [0.717, 1.165) is 10.4 Å². The third-order valence-corrected chi connectivity index (χ3v) is 10.7. The molecule has 0 spiro atoms. The summed E-state index contributed by atoms with van der Waals surface area (Å²) >= 11 is 0. The van der Waals surface area contributed by atoms with Crippen LogP contribution in [-0.2, 0) is 9.22 Å². The largest absolute Gasteiger partial charge is 0.407 e. The molecule has 0 radical (unpaired) electrons. The van der Waals surface area contributed by atoms with Crippen molar-refractivity contribution >= 4 is 47.7 Å². The van der Waals surface area contributed by atoms with Crippen molar-refractivity contribution in [1.29, 1.82) is 0 Å². The zero-order valence-corrected chi connectivity index (χ0v) is 20.7. The molecular weight excluding hydrogens is 446 g/mol. The van der Waals surface area contributed by atoms with E-state index in [1.54, 1.807) is 0 Å². The van der Waals surface area contributed by atoms with Crippen LogP contribution in [0.3, 0.4) is 0 Å². The van der Waals surface area contributed by atoms with Crippen molar-refractivity contribution in [2.24, 2.45) is 5.73 Å². The maximum Gasteiger partial charge on any atom is 0.269 e. The number of amides is 2. The van der Waals surface area contributed by atoms with Crippen molar-refractivity contribution in [3.63, 3.8) is 0 Å². The molecule has 1 aromatic heterocycles. The third kappa shape index (κ3) is 5.10. The number of benzene rings is 2. The van der Waals surface area contributed by atoms with Gasteiger partial charge in [0.2, 0.25) is 5.91 Å². The maximum absolute atomic E-state index is 12.7. The van der Waals surface area contributed by atoms with E-state index in [4.69, 9.17) is 21.6 Å². The number of primary amides is 1. The van der Waals surface area contributed by atoms with Gasteiger partial charge in [-0.25, -0.2) is 4.98 Å². The van der Waals surface area contributed by atoms with Crippen molar-refractivity contribution < 1.29 is 14.0 Å². The molecule has 0 aliphatic carbocycles. The smallest absolute Gasteiger partial charge is 0.269 e. The van der Waals surface area contributed by atoms with Crippen LogP contribution < -0.4 is 32.9 Å². The topological polar surface area (TPSA) is 146 Å². The van der Waals surface area contributed by atoms with E-state index in [2.05, 4.69) is 55.3 Å². The molecule has 0 saturated heterocycles. The predicted octanol–water partition coefficient (Wildman–Crippen LogP) is 2.25. The number of pyridine rings is 1. The summed E-state index contributed by atoms with van der Waals surface area (Å²) in [4.78, 5) is 28.3. The summed E-state index contributed by atoms with van der Waals surface area (Å²) < 4.78 is 6.72. The first-order chi connectivity index (χ1) is 16.1. The molecule has 2 aromatic carbocycles. The molecule has 2 amide bonds. The Balaban J connectivity index is 1.83. The normalized spacial score (nSPS) is 11.7. The number of nitrogens with two attached hydrogens (primary N) is 3. The van der Waals surface area contributed by atoms with Crippen molar-refractivity contribution in [2.75, 3.05) is 23.4 Å². The van der Waals surface area contributed by atoms with E-state index >= 15 is 0 Å². The second kappa shape index (κ2) is 10.1. The Kier molecular flexibility index (Phi) is 7.38. The van der Waals surface area contributed by atoms with Crippen LogP contribution in [-0.4, -0.2) is 31.7 Å². The lowest BCUT2D eigenvalue weighted by molar-refractivity contribution is -0.116. The number of carbonyl (C=O) groups is 2. The Labute approximate surface area is 200 Å². The van der Waals surface area contributed by atoms with Crippen LogP contribution in [0.25, 0.3) is 0 Å². The SMILES string of the molecule is CC(C)(C)[Si](OCCC(=O)Nc1cc(N)c(N)c(C(N)=O)n1)(c1ccccc1)c1ccccc1. The highest BCUT2D eigenvalue weighted by Crippen LogP contribution is 2.36. The van der Waals surface area contributed by atoms with Gasteiger partial charge in [-0.2, -0.15) is 0 Å². The first kappa shape index (κ1) is 24.9. The summed E-state index contributed by atoms with van der Waals surface area (Å²) in [6.07, 6.45) is 0.0857. The molecule has 0 aliphatic heterocycles. The van der Waals surface area contributed by atoms with E-state index in [-0.39, 0.29) is 46.9 Å². The number of carbonyl (C=O) groups excluding carboxylic acids is 2. The molecule has 3 aromatic rings. The fraction of sp³-hybridized carbons (Fsp3) is 0.240. The number of nitrogens with zero attached hydrogens (tertiary/aromatic N) is 1. The lowest BCUT2D eigenvalue weighted by Crippen LogP contribution is -2.66. The monoisotopic (exact) mass is 477 g/mol. The van der Waals surface area contributed by atoms with Gasteiger partial charge in [-0.1, -0.05) is 81.4 Å². The highest BCUT2D eigenvalue weighted by Gasteiger charge is 2.50. The average molecular weight is 478 g/mol. The molecule has 178 valence electrons. The van der Waals surface area contributed by atoms with Gasteiger partial charge in [0.15, 0.2) is 5.69 Å². The van der Waals surface area contributed by atoms with Crippen LogP contribution in [0.1, 0.15) is 37.7 Å². The minimum absolute atomic E-state index is 0.0134. The summed E-state index contributed by atoms with van der Waals surface area (Å²) in [6.45, 7) is 6.72. The van der Waals surface area contributed by atoms with Gasteiger partial charge in [0.1, 0.15) is 5.82 Å². The molecule has 0 fully saturated rings. The van der Waals surface area contributed by atoms with Crippen molar-refractivity contribution in [3.05, 3.63) is 72.4 Å². The predicted molar refractivity (Wildman–Crippen MR) is 138 cm³/mol. The van der Waals surface area contributed by atoms with Gasteiger partial charge in [0.25, 0.3) is 14.2 Å². The van der Waals surface area contributed by atoms with Gasteiger partial charge in [0.05, 0.1) is 11.4 Å². The highest BCUT2D eigenvalue weighted by molar-refractivity contribution is 6.99. The summed E-state index contributed by atoms with van der Waals surface area (Å²) in [5.74, 6) is -1.05. The van der Waals surface area contributed by atoms with Gasteiger partial charge in [0, 0.05) is 19.1 Å². The maximum atomic E-state index is 12.7. The van der Waals surface area contributed by atoms with Gasteiger partial charge >= 0.3 is 0 Å². The van der Waals surface area contributed by atoms with Crippen LogP contribution in [0, 0.1) is 0 Å². The van der Waals surface area contributed by atoms with Gasteiger partial charge in [-0.05, 0) is 15.4 Å². The lowest BCUT2D eigenvalue weighted by atomic mass is 10.2. The number of aromatic nitrogens is 1. The molecule has 3 rings (SSSR count). The average Bonchev–Trinajstić information content (AvgIpc) is 2.79. The Morgan fingerprint density at radius 1 is 0.971 bits per heavy atom. The first-order valence-electron chi connectivity index (χ1n) is 11.0.